The van der Waals surface area contributed by atoms with E-state index in [4.69, 9.17) is 16.4 Å². The molecule has 0 aromatic rings. The van der Waals surface area contributed by atoms with Crippen LogP contribution in [0.25, 0.3) is 0 Å². The first-order valence-corrected chi connectivity index (χ1v) is 10.4. The quantitative estimate of drug-likeness (QED) is 0.511. The second kappa shape index (κ2) is 6.64. The first-order chi connectivity index (χ1) is 13.2. The predicted molar refractivity (Wildman–Crippen MR) is 106 cm³/mol. The van der Waals surface area contributed by atoms with Crippen LogP contribution in [0, 0.1) is 40.9 Å². The highest BCUT2D eigenvalue weighted by molar-refractivity contribution is 5.67. The third kappa shape index (κ3) is 2.73. The molecule has 0 aromatic heterocycles. The minimum Gasteiger partial charge on any atom is -0.479 e. The van der Waals surface area contributed by atoms with E-state index >= 15 is 0 Å². The molecule has 4 rings (SSSR count). The Morgan fingerprint density at radius 3 is 2.79 bits per heavy atom. The normalized spacial score (nSPS) is 44.3. The van der Waals surface area contributed by atoms with E-state index in [9.17, 15) is 9.90 Å². The van der Waals surface area contributed by atoms with E-state index in [-0.39, 0.29) is 17.4 Å². The highest BCUT2D eigenvalue weighted by Crippen LogP contribution is 2.67. The average Bonchev–Trinajstić information content (AvgIpc) is 2.93. The Morgan fingerprint density at radius 2 is 2.07 bits per heavy atom. The molecule has 0 amide bonds. The molecular weight excluding hydrogens is 354 g/mol. The van der Waals surface area contributed by atoms with Crippen LogP contribution in [0.15, 0.2) is 23.4 Å². The van der Waals surface area contributed by atoms with Gasteiger partial charge in [0, 0.05) is 5.41 Å². The third-order valence-corrected chi connectivity index (χ3v) is 8.59. The van der Waals surface area contributed by atoms with Crippen LogP contribution in [-0.2, 0) is 9.63 Å². The molecular formula is C23H31NO4. The van der Waals surface area contributed by atoms with E-state index in [0.29, 0.717) is 17.8 Å². The number of carboxylic acids is 1. The van der Waals surface area contributed by atoms with Gasteiger partial charge in [-0.05, 0) is 74.2 Å². The van der Waals surface area contributed by atoms with E-state index in [1.54, 1.807) is 0 Å². The van der Waals surface area contributed by atoms with Gasteiger partial charge in [-0.15, -0.1) is 6.42 Å². The molecule has 0 heterocycles. The van der Waals surface area contributed by atoms with E-state index in [1.807, 2.05) is 0 Å². The van der Waals surface area contributed by atoms with Gasteiger partial charge in [0.2, 0.25) is 0 Å². The van der Waals surface area contributed by atoms with Crippen molar-refractivity contribution in [3.63, 3.8) is 0 Å². The molecule has 0 bridgehead atoms. The molecule has 4 aliphatic rings. The lowest BCUT2D eigenvalue weighted by Gasteiger charge is -2.58. The van der Waals surface area contributed by atoms with E-state index in [1.165, 1.54) is 5.57 Å². The van der Waals surface area contributed by atoms with Crippen molar-refractivity contribution in [1.82, 2.24) is 5.48 Å². The smallest absolute Gasteiger partial charge is 0.332 e. The maximum atomic E-state index is 11.1. The second-order valence-corrected chi connectivity index (χ2v) is 9.65. The molecule has 0 saturated heterocycles. The molecule has 0 radical (unpaired) electrons. The summed E-state index contributed by atoms with van der Waals surface area (Å²) in [5.41, 5.74) is 4.08. The molecule has 6 atom stereocenters. The number of hydrogen-bond acceptors (Lipinski definition) is 4. The largest absolute Gasteiger partial charge is 0.479 e. The van der Waals surface area contributed by atoms with Crippen LogP contribution in [0.5, 0.6) is 0 Å². The first-order valence-electron chi connectivity index (χ1n) is 10.4. The van der Waals surface area contributed by atoms with Gasteiger partial charge in [0.05, 0.1) is 5.70 Å². The molecule has 3 N–H and O–H groups in total. The van der Waals surface area contributed by atoms with Crippen LogP contribution >= 0.6 is 0 Å². The predicted octanol–water partition coefficient (Wildman–Crippen LogP) is 3.41. The number of allylic oxidation sites excluding steroid dienone is 3. The van der Waals surface area contributed by atoms with E-state index in [2.05, 4.69) is 37.4 Å². The third-order valence-electron chi connectivity index (χ3n) is 8.59. The van der Waals surface area contributed by atoms with Gasteiger partial charge in [-0.3, -0.25) is 10.3 Å². The van der Waals surface area contributed by atoms with Gasteiger partial charge in [0.25, 0.3) is 0 Å². The SMILES string of the molecule is C#C[C@]1(O)CC[C@@H]2[C@@H]3CCC4=CC(NOCC(=O)O)=CC[C@@]4(C)[C@@H]3CC[C@@]21C. The second-order valence-electron chi connectivity index (χ2n) is 9.65. The Hall–Kier alpha value is -1.77. The molecule has 3 fully saturated rings. The van der Waals surface area contributed by atoms with Crippen molar-refractivity contribution in [3.05, 3.63) is 23.4 Å². The maximum absolute atomic E-state index is 11.1. The number of nitrogens with one attached hydrogen (secondary N) is 1. The molecule has 0 aromatic carbocycles. The van der Waals surface area contributed by atoms with Crippen molar-refractivity contribution >= 4 is 5.97 Å². The fourth-order valence-electron chi connectivity index (χ4n) is 6.92. The Bertz CT molecular complexity index is 780. The van der Waals surface area contributed by atoms with Crippen LogP contribution in [0.2, 0.25) is 0 Å². The summed E-state index contributed by atoms with van der Waals surface area (Å²) in [5, 5.41) is 19.8. The van der Waals surface area contributed by atoms with Crippen LogP contribution in [0.1, 0.15) is 58.8 Å². The van der Waals surface area contributed by atoms with Crippen molar-refractivity contribution < 1.29 is 19.8 Å². The molecule has 0 spiro atoms. The van der Waals surface area contributed by atoms with Gasteiger partial charge >= 0.3 is 5.97 Å². The summed E-state index contributed by atoms with van der Waals surface area (Å²) in [4.78, 5) is 15.7. The van der Waals surface area contributed by atoms with Crippen LogP contribution in [-0.4, -0.2) is 28.4 Å². The minimum absolute atomic E-state index is 0.124. The van der Waals surface area contributed by atoms with E-state index < -0.39 is 11.6 Å². The summed E-state index contributed by atoms with van der Waals surface area (Å²) in [6.07, 6.45) is 17.0. The van der Waals surface area contributed by atoms with Crippen LogP contribution < -0.4 is 5.48 Å². The van der Waals surface area contributed by atoms with Crippen molar-refractivity contribution in [2.24, 2.45) is 28.6 Å². The number of fused-ring (bicyclic) bond motifs is 5. The summed E-state index contributed by atoms with van der Waals surface area (Å²) in [7, 11) is 0. The Kier molecular flexibility index (Phi) is 4.63. The molecule has 4 aliphatic carbocycles. The number of aliphatic carboxylic acids is 1. The van der Waals surface area contributed by atoms with Crippen molar-refractivity contribution in [3.8, 4) is 12.3 Å². The summed E-state index contributed by atoms with van der Waals surface area (Å²) in [6.45, 7) is 4.24. The number of carbonyl (C=O) groups is 1. The van der Waals surface area contributed by atoms with Gasteiger partial charge in [-0.2, -0.15) is 0 Å². The Morgan fingerprint density at radius 1 is 1.32 bits per heavy atom. The highest BCUT2D eigenvalue weighted by atomic mass is 16.7. The molecule has 3 saturated carbocycles. The minimum atomic E-state index is -0.990. The number of hydrogen-bond donors (Lipinski definition) is 3. The van der Waals surface area contributed by atoms with Crippen LogP contribution in [0.4, 0.5) is 0 Å². The molecule has 0 aliphatic heterocycles. The lowest BCUT2D eigenvalue weighted by molar-refractivity contribution is -0.144. The zero-order valence-electron chi connectivity index (χ0n) is 16.8. The lowest BCUT2D eigenvalue weighted by Crippen LogP contribution is -2.54. The van der Waals surface area contributed by atoms with Crippen molar-refractivity contribution in [1.29, 1.82) is 0 Å². The Labute approximate surface area is 167 Å². The number of aliphatic hydroxyl groups is 1. The fraction of sp³-hybridized carbons (Fsp3) is 0.696. The van der Waals surface area contributed by atoms with Gasteiger partial charge in [-0.1, -0.05) is 31.4 Å². The monoisotopic (exact) mass is 385 g/mol. The van der Waals surface area contributed by atoms with Gasteiger partial charge in [-0.25, -0.2) is 4.79 Å². The van der Waals surface area contributed by atoms with Crippen molar-refractivity contribution in [2.75, 3.05) is 6.61 Å². The van der Waals surface area contributed by atoms with E-state index in [0.717, 1.165) is 50.6 Å². The van der Waals surface area contributed by atoms with Gasteiger partial charge in [0.1, 0.15) is 5.60 Å². The van der Waals surface area contributed by atoms with Crippen molar-refractivity contribution in [2.45, 2.75) is 64.4 Å². The zero-order chi connectivity index (χ0) is 20.2. The zero-order valence-corrected chi connectivity index (χ0v) is 16.8. The molecule has 0 unspecified atom stereocenters. The molecule has 152 valence electrons. The van der Waals surface area contributed by atoms with Gasteiger partial charge < -0.3 is 10.2 Å². The number of rotatable bonds is 4. The Balaban J connectivity index is 1.53. The lowest BCUT2D eigenvalue weighted by atomic mass is 9.47. The number of carboxylic acid groups (broad SMARTS) is 1. The molecule has 5 heteroatoms. The standard InChI is InChI=1S/C23H31NO4/c1-4-23(27)12-9-19-17-6-5-15-13-16(24-28-14-20(25)26)7-10-21(15,2)18(17)8-11-22(19,23)3/h1,7,13,17-19,24,27H,5-6,8-12,14H2,2-3H3,(H,25,26)/t17-,18-,19-,21-,22+,23+/m1/s1. The fourth-order valence-corrected chi connectivity index (χ4v) is 6.92. The van der Waals surface area contributed by atoms with Gasteiger partial charge in [0.15, 0.2) is 6.61 Å². The summed E-state index contributed by atoms with van der Waals surface area (Å²) in [5.74, 6) is 3.46. The molecule has 28 heavy (non-hydrogen) atoms. The number of terminal acetylenes is 1. The van der Waals surface area contributed by atoms with Crippen LogP contribution in [0.3, 0.4) is 0 Å². The summed E-state index contributed by atoms with van der Waals surface area (Å²) in [6, 6.07) is 0. The highest BCUT2D eigenvalue weighted by Gasteiger charge is 2.63. The molecule has 5 nitrogen and oxygen atoms in total. The average molecular weight is 386 g/mol. The summed E-state index contributed by atoms with van der Waals surface area (Å²) < 4.78 is 0. The first kappa shape index (κ1) is 19.5. The topological polar surface area (TPSA) is 78.8 Å². The maximum Gasteiger partial charge on any atom is 0.332 e. The summed E-state index contributed by atoms with van der Waals surface area (Å²) >= 11 is 0. The number of hydroxylamine groups is 1.